The lowest BCUT2D eigenvalue weighted by molar-refractivity contribution is 0.670. The van der Waals surface area contributed by atoms with E-state index in [0.717, 1.165) is 20.2 Å². The first-order valence-electron chi connectivity index (χ1n) is 24.9. The molecule has 0 aliphatic rings. The van der Waals surface area contributed by atoms with Crippen molar-refractivity contribution < 1.29 is 23.6 Å². The van der Waals surface area contributed by atoms with E-state index >= 15 is 0 Å². The Hall–Kier alpha value is -7.41. The molecule has 0 aliphatic heterocycles. The van der Waals surface area contributed by atoms with Crippen LogP contribution in [0.4, 0.5) is 0 Å². The molecule has 0 radical (unpaired) electrons. The molecule has 6 heteroatoms. The Bertz CT molecular complexity index is 4380. The number of para-hydroxylation sites is 5. The van der Waals surface area contributed by atoms with Gasteiger partial charge in [-0.25, -0.2) is 15.0 Å². The van der Waals surface area contributed by atoms with Crippen molar-refractivity contribution in [3.05, 3.63) is 182 Å². The van der Waals surface area contributed by atoms with E-state index in [4.69, 9.17) is 37.2 Å². The third-order valence-electron chi connectivity index (χ3n) is 10.1. The van der Waals surface area contributed by atoms with Gasteiger partial charge in [0.25, 0.3) is 0 Å². The van der Waals surface area contributed by atoms with E-state index in [1.807, 2.05) is 42.5 Å². The lowest BCUT2D eigenvalue weighted by atomic mass is 10.00. The van der Waals surface area contributed by atoms with Crippen molar-refractivity contribution in [2.45, 2.75) is 0 Å². The second-order valence-corrected chi connectivity index (χ2v) is 14.4. The van der Waals surface area contributed by atoms with E-state index in [-0.39, 0.29) is 91.0 Å². The Balaban J connectivity index is 1.14. The summed E-state index contributed by atoms with van der Waals surface area (Å²) in [5, 5.41) is 1.91. The molecule has 0 amide bonds. The van der Waals surface area contributed by atoms with Gasteiger partial charge in [-0.3, -0.25) is 0 Å². The normalized spacial score (nSPS) is 15.3. The smallest absolute Gasteiger partial charge is 0.166 e. The fourth-order valence-corrected chi connectivity index (χ4v) is 8.62. The molecular weight excluding hydrogens is 717 g/mol. The summed E-state index contributed by atoms with van der Waals surface area (Å²) in [5.74, 6) is 0.504. The second-order valence-electron chi connectivity index (χ2n) is 13.3. The Morgan fingerprint density at radius 1 is 0.456 bits per heavy atom. The maximum absolute atomic E-state index is 9.17. The molecule has 12 rings (SSSR count). The molecule has 12 aromatic rings. The average Bonchev–Trinajstić information content (AvgIpc) is 4.08. The van der Waals surface area contributed by atoms with Crippen LogP contribution in [0.25, 0.3) is 115 Å². The number of benzene rings is 8. The predicted molar refractivity (Wildman–Crippen MR) is 236 cm³/mol. The van der Waals surface area contributed by atoms with Crippen LogP contribution in [-0.2, 0) is 0 Å². The van der Waals surface area contributed by atoms with Gasteiger partial charge >= 0.3 is 0 Å². The van der Waals surface area contributed by atoms with E-state index in [9.17, 15) is 1.37 Å². The minimum absolute atomic E-state index is 0.00780. The van der Waals surface area contributed by atoms with E-state index in [1.165, 1.54) is 10.6 Å². The predicted octanol–water partition coefficient (Wildman–Crippen LogP) is 13.9. The Kier molecular flexibility index (Phi) is 4.64. The van der Waals surface area contributed by atoms with Crippen LogP contribution in [-0.4, -0.2) is 19.5 Å². The Morgan fingerprint density at radius 3 is 2.09 bits per heavy atom. The third-order valence-corrected chi connectivity index (χ3v) is 11.2. The van der Waals surface area contributed by atoms with Gasteiger partial charge in [0.1, 0.15) is 11.2 Å². The molecule has 57 heavy (non-hydrogen) atoms. The van der Waals surface area contributed by atoms with Gasteiger partial charge in [0.2, 0.25) is 0 Å². The van der Waals surface area contributed by atoms with Crippen molar-refractivity contribution in [2.24, 2.45) is 0 Å². The van der Waals surface area contributed by atoms with Crippen LogP contribution in [0.1, 0.15) is 19.2 Å². The van der Waals surface area contributed by atoms with Crippen LogP contribution in [0.15, 0.2) is 186 Å². The zero-order valence-corrected chi connectivity index (χ0v) is 30.2. The summed E-state index contributed by atoms with van der Waals surface area (Å²) in [5.41, 5.74) is 1.89. The number of hydrogen-bond acceptors (Lipinski definition) is 5. The van der Waals surface area contributed by atoms with Crippen LogP contribution in [0.2, 0.25) is 0 Å². The first kappa shape index (κ1) is 21.0. The summed E-state index contributed by atoms with van der Waals surface area (Å²) in [4.78, 5) is 15.2. The highest BCUT2D eigenvalue weighted by Crippen LogP contribution is 2.40. The molecule has 0 N–H and O–H groups in total. The van der Waals surface area contributed by atoms with Crippen molar-refractivity contribution in [2.75, 3.05) is 0 Å². The lowest BCUT2D eigenvalue weighted by Gasteiger charge is -2.15. The molecule has 0 bridgehead atoms. The molecule has 4 aromatic heterocycles. The SMILES string of the molecule is [2H]c1cc([2H])c2c(c1[2H])c1c([2H])c([2H])c([2H])c([2H])c1n2-c1ccccc1-c1nc(-c2cccc(-c3c([2H])c([2H])c([2H])c4c3oc3c([2H])c([2H])c([2H])c([2H])c34)c2)nc(-c2ccc3sc4ccccc4c3c2)n1. The molecule has 8 aromatic carbocycles. The molecular formula is C51H30N4OS. The molecule has 0 spiro atoms. The number of furan rings is 1. The zero-order chi connectivity index (χ0) is 49.6. The van der Waals surface area contributed by atoms with Crippen molar-refractivity contribution in [1.29, 1.82) is 0 Å². The Morgan fingerprint density at radius 2 is 1.16 bits per heavy atom. The molecule has 4 heterocycles. The fraction of sp³-hybridized carbons (Fsp3) is 0. The van der Waals surface area contributed by atoms with Gasteiger partial charge in [0.15, 0.2) is 17.5 Å². The number of hydrogen-bond donors (Lipinski definition) is 0. The van der Waals surface area contributed by atoms with Crippen molar-refractivity contribution >= 4 is 75.3 Å². The number of fused-ring (bicyclic) bond motifs is 9. The van der Waals surface area contributed by atoms with E-state index in [0.29, 0.717) is 27.9 Å². The van der Waals surface area contributed by atoms with E-state index in [2.05, 4.69) is 0 Å². The first-order valence-corrected chi connectivity index (χ1v) is 18.7. The highest BCUT2D eigenvalue weighted by atomic mass is 32.1. The van der Waals surface area contributed by atoms with Gasteiger partial charge in [-0.05, 0) is 66.2 Å². The molecule has 0 unspecified atom stereocenters. The molecule has 0 atom stereocenters. The summed E-state index contributed by atoms with van der Waals surface area (Å²) in [6.45, 7) is 0. The van der Waals surface area contributed by atoms with Crippen LogP contribution in [0.5, 0.6) is 0 Å². The molecule has 0 fully saturated rings. The van der Waals surface area contributed by atoms with Gasteiger partial charge in [-0.15, -0.1) is 11.3 Å². The summed E-state index contributed by atoms with van der Waals surface area (Å²) in [6, 6.07) is 22.9. The number of rotatable bonds is 5. The van der Waals surface area contributed by atoms with Gasteiger partial charge < -0.3 is 8.98 Å². The monoisotopic (exact) mass is 760 g/mol. The van der Waals surface area contributed by atoms with Crippen LogP contribution < -0.4 is 0 Å². The number of thiophene rings is 1. The van der Waals surface area contributed by atoms with Gasteiger partial charge in [-0.1, -0.05) is 121 Å². The van der Waals surface area contributed by atoms with Crippen molar-refractivity contribution in [3.8, 4) is 51.0 Å². The topological polar surface area (TPSA) is 56.7 Å². The standard InChI is InChI=1S/C51H30N4OS/c1-6-22-42-35(15-1)36-16-2-7-23-43(36)55(42)44-24-8-3-19-40(44)51-53-49(52-50(54-51)33-27-28-47-41(30-33)38-18-5-10-26-46(38)57-47)32-14-11-13-31(29-32)34-20-12-21-39-37-17-4-9-25-45(37)56-48(34)39/h1-30H/i1D,2D,4D,6D,9D,12D,15D,16D,17D,20D,21D,22D,23D,25D. The summed E-state index contributed by atoms with van der Waals surface area (Å²) in [6.07, 6.45) is 0. The first-order chi connectivity index (χ1) is 34.0. The fourth-order valence-electron chi connectivity index (χ4n) is 7.53. The third kappa shape index (κ3) is 5.04. The quantitative estimate of drug-likeness (QED) is 0.175. The highest BCUT2D eigenvalue weighted by molar-refractivity contribution is 7.25. The zero-order valence-electron chi connectivity index (χ0n) is 43.3. The van der Waals surface area contributed by atoms with Crippen molar-refractivity contribution in [3.63, 3.8) is 0 Å². The molecule has 266 valence electrons. The molecule has 0 saturated heterocycles. The molecule has 0 saturated carbocycles. The Labute approximate surface area is 350 Å². The number of nitrogens with zero attached hydrogens (tertiary/aromatic N) is 4. The van der Waals surface area contributed by atoms with E-state index < -0.39 is 60.4 Å². The second kappa shape index (κ2) is 12.6. The number of aromatic nitrogens is 4. The van der Waals surface area contributed by atoms with Crippen molar-refractivity contribution in [1.82, 2.24) is 19.5 Å². The maximum atomic E-state index is 9.17. The summed E-state index contributed by atoms with van der Waals surface area (Å²) >= 11 is 1.64. The highest BCUT2D eigenvalue weighted by Gasteiger charge is 2.20. The summed E-state index contributed by atoms with van der Waals surface area (Å²) in [7, 11) is 0. The van der Waals surface area contributed by atoms with Crippen LogP contribution in [0.3, 0.4) is 0 Å². The van der Waals surface area contributed by atoms with Gasteiger partial charge in [-0.2, -0.15) is 0 Å². The maximum Gasteiger partial charge on any atom is 0.166 e. The summed E-state index contributed by atoms with van der Waals surface area (Å²) < 4.78 is 133. The van der Waals surface area contributed by atoms with Gasteiger partial charge in [0.05, 0.1) is 35.9 Å². The van der Waals surface area contributed by atoms with E-state index in [1.54, 1.807) is 59.9 Å². The minimum atomic E-state index is -0.533. The minimum Gasteiger partial charge on any atom is -0.455 e. The largest absolute Gasteiger partial charge is 0.455 e. The average molecular weight is 761 g/mol. The van der Waals surface area contributed by atoms with Crippen LogP contribution >= 0.6 is 11.3 Å². The van der Waals surface area contributed by atoms with Gasteiger partial charge in [0, 0.05) is 64.0 Å². The molecule has 0 aliphatic carbocycles. The van der Waals surface area contributed by atoms with Crippen LogP contribution in [0, 0.1) is 0 Å². The lowest BCUT2D eigenvalue weighted by Crippen LogP contribution is -2.03. The molecule has 5 nitrogen and oxygen atoms in total.